The molecular formula is C18H21N3O4S. The number of hydrogen-bond acceptors (Lipinski definition) is 6. The summed E-state index contributed by atoms with van der Waals surface area (Å²) in [5.74, 6) is 0.971. The zero-order chi connectivity index (χ0) is 19.3. The second-order valence-corrected chi connectivity index (χ2v) is 7.30. The topological polar surface area (TPSA) is 107 Å². The number of benzene rings is 2. The Balaban J connectivity index is 2.17. The van der Waals surface area contributed by atoms with E-state index < -0.39 is 16.4 Å². The Morgan fingerprint density at radius 3 is 2.46 bits per heavy atom. The van der Waals surface area contributed by atoms with Crippen molar-refractivity contribution in [2.75, 3.05) is 12.4 Å². The van der Waals surface area contributed by atoms with Crippen molar-refractivity contribution < 1.29 is 14.5 Å². The van der Waals surface area contributed by atoms with Gasteiger partial charge in [-0.05, 0) is 43.7 Å². The third kappa shape index (κ3) is 5.21. The number of nitro benzene ring substituents is 1. The molecule has 138 valence electrons. The zero-order valence-electron chi connectivity index (χ0n) is 14.8. The molecule has 0 radical (unpaired) electrons. The van der Waals surface area contributed by atoms with E-state index in [4.69, 9.17) is 10.5 Å². The van der Waals surface area contributed by atoms with Crippen molar-refractivity contribution in [2.24, 2.45) is 5.73 Å². The summed E-state index contributed by atoms with van der Waals surface area (Å²) < 4.78 is 5.13. The third-order valence-corrected chi connectivity index (χ3v) is 4.63. The molecule has 8 heteroatoms. The fourth-order valence-corrected chi connectivity index (χ4v) is 2.93. The first-order valence-electron chi connectivity index (χ1n) is 7.85. The highest BCUT2D eigenvalue weighted by Gasteiger charge is 2.25. The molecule has 0 saturated carbocycles. The first-order chi connectivity index (χ1) is 12.2. The van der Waals surface area contributed by atoms with Gasteiger partial charge in [0.15, 0.2) is 0 Å². The zero-order valence-corrected chi connectivity index (χ0v) is 15.6. The summed E-state index contributed by atoms with van der Waals surface area (Å²) in [5.41, 5.74) is 5.67. The van der Waals surface area contributed by atoms with Crippen molar-refractivity contribution in [1.29, 1.82) is 0 Å². The number of ether oxygens (including phenoxy) is 1. The minimum atomic E-state index is -1.14. The number of nitrogens with two attached hydrogens (primary N) is 1. The van der Waals surface area contributed by atoms with Crippen LogP contribution in [0.2, 0.25) is 0 Å². The van der Waals surface area contributed by atoms with Crippen LogP contribution in [0.25, 0.3) is 0 Å². The molecule has 2 aromatic rings. The van der Waals surface area contributed by atoms with Crippen LogP contribution >= 0.6 is 11.8 Å². The Bertz CT molecular complexity index is 801. The molecule has 1 amide bonds. The number of carbonyl (C=O) groups excluding carboxylic acids is 1. The van der Waals surface area contributed by atoms with E-state index in [0.717, 1.165) is 16.2 Å². The molecule has 0 aliphatic heterocycles. The molecule has 0 atom stereocenters. The lowest BCUT2D eigenvalue weighted by Gasteiger charge is -2.18. The molecule has 0 unspecified atom stereocenters. The largest absolute Gasteiger partial charge is 0.497 e. The Kier molecular flexibility index (Phi) is 6.23. The third-order valence-electron chi connectivity index (χ3n) is 3.56. The molecular weight excluding hydrogens is 354 g/mol. The number of nitro groups is 1. The summed E-state index contributed by atoms with van der Waals surface area (Å²) in [5, 5.41) is 13.8. The van der Waals surface area contributed by atoms with Crippen LogP contribution in [0.5, 0.6) is 5.75 Å². The predicted molar refractivity (Wildman–Crippen MR) is 103 cm³/mol. The molecule has 0 aliphatic rings. The van der Waals surface area contributed by atoms with Gasteiger partial charge in [0, 0.05) is 16.7 Å². The summed E-state index contributed by atoms with van der Waals surface area (Å²) in [4.78, 5) is 23.6. The summed E-state index contributed by atoms with van der Waals surface area (Å²) in [7, 11) is 1.61. The van der Waals surface area contributed by atoms with Gasteiger partial charge in [0.05, 0.1) is 17.6 Å². The fourth-order valence-electron chi connectivity index (χ4n) is 2.04. The quantitative estimate of drug-likeness (QED) is 0.435. The van der Waals surface area contributed by atoms with Crippen LogP contribution in [0.15, 0.2) is 47.4 Å². The van der Waals surface area contributed by atoms with Crippen molar-refractivity contribution in [3.8, 4) is 5.75 Å². The molecule has 0 fully saturated rings. The maximum atomic E-state index is 12.1. The van der Waals surface area contributed by atoms with E-state index in [1.165, 1.54) is 31.7 Å². The standard InChI is InChI=1S/C18H21N3O4S/c1-18(2,19)17(22)20-15-10-14(8-9-16(15)21(23)24)26-11-12-4-6-13(25-3)7-5-12/h4-10H,11,19H2,1-3H3,(H,20,22). The molecule has 0 aliphatic carbocycles. The Morgan fingerprint density at radius 2 is 1.92 bits per heavy atom. The first kappa shape index (κ1) is 19.7. The van der Waals surface area contributed by atoms with E-state index in [1.807, 2.05) is 24.3 Å². The van der Waals surface area contributed by atoms with Gasteiger partial charge >= 0.3 is 0 Å². The number of nitrogens with one attached hydrogen (secondary N) is 1. The van der Waals surface area contributed by atoms with Gasteiger partial charge in [-0.2, -0.15) is 0 Å². The minimum absolute atomic E-state index is 0.137. The van der Waals surface area contributed by atoms with Crippen LogP contribution in [0.1, 0.15) is 19.4 Å². The maximum Gasteiger partial charge on any atom is 0.292 e. The molecule has 0 saturated heterocycles. The number of nitrogens with zero attached hydrogens (tertiary/aromatic N) is 1. The van der Waals surface area contributed by atoms with Crippen LogP contribution in [0.3, 0.4) is 0 Å². The average molecular weight is 375 g/mol. The fraction of sp³-hybridized carbons (Fsp3) is 0.278. The summed E-state index contributed by atoms with van der Waals surface area (Å²) in [6.07, 6.45) is 0. The number of carbonyl (C=O) groups is 1. The van der Waals surface area contributed by atoms with E-state index in [9.17, 15) is 14.9 Å². The van der Waals surface area contributed by atoms with Gasteiger partial charge in [-0.1, -0.05) is 12.1 Å². The average Bonchev–Trinajstić information content (AvgIpc) is 2.59. The Labute approximate surface area is 156 Å². The SMILES string of the molecule is COc1ccc(CSc2ccc([N+](=O)[O-])c(NC(=O)C(C)(C)N)c2)cc1. The first-order valence-corrected chi connectivity index (χ1v) is 8.84. The highest BCUT2D eigenvalue weighted by molar-refractivity contribution is 7.98. The van der Waals surface area contributed by atoms with Crippen LogP contribution in [0.4, 0.5) is 11.4 Å². The highest BCUT2D eigenvalue weighted by atomic mass is 32.2. The number of methoxy groups -OCH3 is 1. The van der Waals surface area contributed by atoms with E-state index in [-0.39, 0.29) is 11.4 Å². The maximum absolute atomic E-state index is 12.1. The lowest BCUT2D eigenvalue weighted by Crippen LogP contribution is -2.45. The van der Waals surface area contributed by atoms with E-state index >= 15 is 0 Å². The van der Waals surface area contributed by atoms with E-state index in [0.29, 0.717) is 5.75 Å². The van der Waals surface area contributed by atoms with Crippen LogP contribution in [-0.2, 0) is 10.5 Å². The van der Waals surface area contributed by atoms with E-state index in [1.54, 1.807) is 19.2 Å². The van der Waals surface area contributed by atoms with Crippen molar-refractivity contribution >= 4 is 29.0 Å². The van der Waals surface area contributed by atoms with Crippen LogP contribution in [-0.4, -0.2) is 23.5 Å². The predicted octanol–water partition coefficient (Wildman–Crippen LogP) is 3.57. The Hall–Kier alpha value is -2.58. The smallest absolute Gasteiger partial charge is 0.292 e. The molecule has 0 bridgehead atoms. The molecule has 2 aromatic carbocycles. The molecule has 7 nitrogen and oxygen atoms in total. The highest BCUT2D eigenvalue weighted by Crippen LogP contribution is 2.32. The number of hydrogen-bond donors (Lipinski definition) is 2. The van der Waals surface area contributed by atoms with Crippen LogP contribution in [0, 0.1) is 10.1 Å². The van der Waals surface area contributed by atoms with Crippen molar-refractivity contribution in [3.63, 3.8) is 0 Å². The molecule has 2 rings (SSSR count). The molecule has 0 aromatic heterocycles. The molecule has 26 heavy (non-hydrogen) atoms. The number of amides is 1. The summed E-state index contributed by atoms with van der Waals surface area (Å²) in [6.45, 7) is 3.08. The van der Waals surface area contributed by atoms with Gasteiger partial charge in [0.1, 0.15) is 11.4 Å². The normalized spacial score (nSPS) is 11.1. The summed E-state index contributed by atoms with van der Waals surface area (Å²) >= 11 is 1.51. The number of thioether (sulfide) groups is 1. The van der Waals surface area contributed by atoms with Gasteiger partial charge in [-0.15, -0.1) is 11.8 Å². The minimum Gasteiger partial charge on any atom is -0.497 e. The second kappa shape index (κ2) is 8.20. The van der Waals surface area contributed by atoms with Gasteiger partial charge in [0.25, 0.3) is 5.69 Å². The second-order valence-electron chi connectivity index (χ2n) is 6.25. The lowest BCUT2D eigenvalue weighted by molar-refractivity contribution is -0.384. The number of rotatable bonds is 7. The van der Waals surface area contributed by atoms with Gasteiger partial charge in [0.2, 0.25) is 5.91 Å². The molecule has 0 heterocycles. The summed E-state index contributed by atoms with van der Waals surface area (Å²) in [6, 6.07) is 12.3. The van der Waals surface area contributed by atoms with Crippen molar-refractivity contribution in [2.45, 2.75) is 30.0 Å². The van der Waals surface area contributed by atoms with Gasteiger partial charge in [-0.25, -0.2) is 0 Å². The molecule has 0 spiro atoms. The van der Waals surface area contributed by atoms with Crippen molar-refractivity contribution in [1.82, 2.24) is 0 Å². The van der Waals surface area contributed by atoms with Crippen molar-refractivity contribution in [3.05, 3.63) is 58.1 Å². The van der Waals surface area contributed by atoms with Crippen LogP contribution < -0.4 is 15.8 Å². The van der Waals surface area contributed by atoms with Gasteiger partial charge < -0.3 is 15.8 Å². The van der Waals surface area contributed by atoms with Gasteiger partial charge in [-0.3, -0.25) is 14.9 Å². The molecule has 3 N–H and O–H groups in total. The Morgan fingerprint density at radius 1 is 1.27 bits per heavy atom. The van der Waals surface area contributed by atoms with E-state index in [2.05, 4.69) is 5.32 Å². The monoisotopic (exact) mass is 375 g/mol. The number of anilines is 1. The lowest BCUT2D eigenvalue weighted by atomic mass is 10.1.